The molecular formula is C12H15Cl2NO3S. The van der Waals surface area contributed by atoms with Crippen molar-refractivity contribution in [3.8, 4) is 0 Å². The van der Waals surface area contributed by atoms with Crippen LogP contribution in [-0.4, -0.2) is 36.5 Å². The van der Waals surface area contributed by atoms with E-state index in [1.54, 1.807) is 0 Å². The average Bonchev–Trinajstić information content (AvgIpc) is 2.27. The van der Waals surface area contributed by atoms with Gasteiger partial charge in [0.25, 0.3) is 0 Å². The minimum atomic E-state index is -3.70. The minimum Gasteiger partial charge on any atom is -0.387 e. The highest BCUT2D eigenvalue weighted by molar-refractivity contribution is 7.89. The van der Waals surface area contributed by atoms with E-state index in [4.69, 9.17) is 23.2 Å². The van der Waals surface area contributed by atoms with E-state index in [1.807, 2.05) is 13.8 Å². The minimum absolute atomic E-state index is 0.00576. The molecule has 0 aromatic heterocycles. The van der Waals surface area contributed by atoms with Crippen LogP contribution in [0.25, 0.3) is 0 Å². The number of β-amino-alcohol motifs (C(OH)–C–C–N with tert-alkyl or cyclic N) is 1. The Hall–Kier alpha value is -0.330. The van der Waals surface area contributed by atoms with E-state index in [2.05, 4.69) is 0 Å². The van der Waals surface area contributed by atoms with Gasteiger partial charge in [0.15, 0.2) is 0 Å². The fourth-order valence-corrected chi connectivity index (χ4v) is 4.22. The summed E-state index contributed by atoms with van der Waals surface area (Å²) in [6.45, 7) is 3.87. The van der Waals surface area contributed by atoms with Crippen molar-refractivity contribution in [2.45, 2.75) is 24.3 Å². The van der Waals surface area contributed by atoms with Crippen molar-refractivity contribution in [2.24, 2.45) is 5.92 Å². The number of rotatable bonds is 3. The SMILES string of the molecule is CC(C)C1(O)CN(S(=O)(=O)c2cc(Cl)ccc2Cl)C1. The number of nitrogens with zero attached hydrogens (tertiary/aromatic N) is 1. The van der Waals surface area contributed by atoms with Crippen LogP contribution in [0.5, 0.6) is 0 Å². The molecule has 0 unspecified atom stereocenters. The van der Waals surface area contributed by atoms with Crippen molar-refractivity contribution in [3.63, 3.8) is 0 Å². The van der Waals surface area contributed by atoms with Crippen molar-refractivity contribution in [1.29, 1.82) is 0 Å². The molecule has 1 fully saturated rings. The molecule has 0 spiro atoms. The van der Waals surface area contributed by atoms with Gasteiger partial charge in [0.1, 0.15) is 4.90 Å². The standard InChI is InChI=1S/C12H15Cl2NO3S/c1-8(2)12(16)6-15(7-12)19(17,18)11-5-9(13)3-4-10(11)14/h3-5,8,16H,6-7H2,1-2H3. The molecule has 0 atom stereocenters. The molecule has 0 saturated carbocycles. The molecule has 1 aromatic rings. The number of hydrogen-bond donors (Lipinski definition) is 1. The zero-order valence-electron chi connectivity index (χ0n) is 10.6. The van der Waals surface area contributed by atoms with Gasteiger partial charge in [-0.05, 0) is 24.1 Å². The second-order valence-electron chi connectivity index (χ2n) is 5.11. The molecule has 19 heavy (non-hydrogen) atoms. The normalized spacial score (nSPS) is 19.5. The highest BCUT2D eigenvalue weighted by Crippen LogP contribution is 2.35. The zero-order chi connectivity index (χ0) is 14.4. The van der Waals surface area contributed by atoms with Gasteiger partial charge in [-0.15, -0.1) is 0 Å². The third-order valence-corrected chi connectivity index (χ3v) is 5.99. The molecule has 2 rings (SSSR count). The summed E-state index contributed by atoms with van der Waals surface area (Å²) in [7, 11) is -3.70. The third-order valence-electron chi connectivity index (χ3n) is 3.49. The molecular weight excluding hydrogens is 309 g/mol. The highest BCUT2D eigenvalue weighted by atomic mass is 35.5. The molecule has 0 amide bonds. The maximum atomic E-state index is 12.4. The Balaban J connectivity index is 2.29. The van der Waals surface area contributed by atoms with Gasteiger partial charge in [-0.25, -0.2) is 8.42 Å². The second-order valence-corrected chi connectivity index (χ2v) is 7.86. The molecule has 4 nitrogen and oxygen atoms in total. The topological polar surface area (TPSA) is 57.6 Å². The Kier molecular flexibility index (Phi) is 3.88. The van der Waals surface area contributed by atoms with Gasteiger partial charge >= 0.3 is 0 Å². The lowest BCUT2D eigenvalue weighted by molar-refractivity contribution is -0.0932. The number of benzene rings is 1. The summed E-state index contributed by atoms with van der Waals surface area (Å²) in [6.07, 6.45) is 0. The van der Waals surface area contributed by atoms with Gasteiger partial charge in [-0.1, -0.05) is 37.0 Å². The van der Waals surface area contributed by atoms with Crippen molar-refractivity contribution in [3.05, 3.63) is 28.2 Å². The third kappa shape index (κ3) is 2.62. The first kappa shape index (κ1) is 15.1. The average molecular weight is 324 g/mol. The van der Waals surface area contributed by atoms with Gasteiger partial charge < -0.3 is 5.11 Å². The number of halogens is 2. The monoisotopic (exact) mass is 323 g/mol. The fraction of sp³-hybridized carbons (Fsp3) is 0.500. The molecule has 0 bridgehead atoms. The van der Waals surface area contributed by atoms with Gasteiger partial charge in [0, 0.05) is 18.1 Å². The molecule has 1 heterocycles. The lowest BCUT2D eigenvalue weighted by Gasteiger charge is -2.47. The molecule has 0 radical (unpaired) electrons. The van der Waals surface area contributed by atoms with Crippen LogP contribution in [0.1, 0.15) is 13.8 Å². The van der Waals surface area contributed by atoms with Crippen molar-refractivity contribution in [1.82, 2.24) is 4.31 Å². The Morgan fingerprint density at radius 3 is 2.42 bits per heavy atom. The maximum absolute atomic E-state index is 12.4. The summed E-state index contributed by atoms with van der Waals surface area (Å²) in [5.41, 5.74) is -0.960. The quantitative estimate of drug-likeness (QED) is 0.929. The largest absolute Gasteiger partial charge is 0.387 e. The number of hydrogen-bond acceptors (Lipinski definition) is 3. The van der Waals surface area contributed by atoms with E-state index in [0.717, 1.165) is 0 Å². The highest BCUT2D eigenvalue weighted by Gasteiger charge is 2.49. The van der Waals surface area contributed by atoms with E-state index in [-0.39, 0.29) is 28.9 Å². The van der Waals surface area contributed by atoms with Crippen molar-refractivity contribution < 1.29 is 13.5 Å². The van der Waals surface area contributed by atoms with E-state index in [0.29, 0.717) is 5.02 Å². The van der Waals surface area contributed by atoms with Gasteiger partial charge in [-0.2, -0.15) is 4.31 Å². The molecule has 0 aliphatic carbocycles. The number of aliphatic hydroxyl groups is 1. The first-order valence-electron chi connectivity index (χ1n) is 5.84. The molecule has 1 aliphatic rings. The van der Waals surface area contributed by atoms with Crippen LogP contribution in [-0.2, 0) is 10.0 Å². The van der Waals surface area contributed by atoms with E-state index in [1.165, 1.54) is 22.5 Å². The van der Waals surface area contributed by atoms with Crippen LogP contribution in [0, 0.1) is 5.92 Å². The second kappa shape index (κ2) is 4.90. The Morgan fingerprint density at radius 1 is 1.32 bits per heavy atom. The van der Waals surface area contributed by atoms with Crippen LogP contribution in [0.3, 0.4) is 0 Å². The lowest BCUT2D eigenvalue weighted by atomic mass is 9.85. The summed E-state index contributed by atoms with van der Waals surface area (Å²) in [5, 5.41) is 10.6. The Morgan fingerprint density at radius 2 is 1.89 bits per heavy atom. The van der Waals surface area contributed by atoms with Gasteiger partial charge in [0.05, 0.1) is 10.6 Å². The molecule has 106 valence electrons. The van der Waals surface area contributed by atoms with Gasteiger partial charge in [-0.3, -0.25) is 0 Å². The molecule has 1 aromatic carbocycles. The summed E-state index contributed by atoms with van der Waals surface area (Å²) in [4.78, 5) is -0.0209. The summed E-state index contributed by atoms with van der Waals surface area (Å²) < 4.78 is 26.0. The number of sulfonamides is 1. The predicted octanol–water partition coefficient (Wildman–Crippen LogP) is 2.38. The van der Waals surface area contributed by atoms with E-state index >= 15 is 0 Å². The first-order valence-corrected chi connectivity index (χ1v) is 8.04. The van der Waals surface area contributed by atoms with Crippen LogP contribution in [0.2, 0.25) is 10.0 Å². The summed E-state index contributed by atoms with van der Waals surface area (Å²) >= 11 is 11.7. The fourth-order valence-electron chi connectivity index (χ4n) is 1.91. The Labute approximate surface area is 123 Å². The van der Waals surface area contributed by atoms with E-state index in [9.17, 15) is 13.5 Å². The van der Waals surface area contributed by atoms with Crippen molar-refractivity contribution >= 4 is 33.2 Å². The van der Waals surface area contributed by atoms with Crippen LogP contribution in [0.4, 0.5) is 0 Å². The zero-order valence-corrected chi connectivity index (χ0v) is 12.9. The van der Waals surface area contributed by atoms with Crippen LogP contribution >= 0.6 is 23.2 Å². The van der Waals surface area contributed by atoms with Crippen LogP contribution in [0.15, 0.2) is 23.1 Å². The van der Waals surface area contributed by atoms with Gasteiger partial charge in [0.2, 0.25) is 10.0 Å². The predicted molar refractivity (Wildman–Crippen MR) is 75.0 cm³/mol. The lowest BCUT2D eigenvalue weighted by Crippen LogP contribution is -2.65. The smallest absolute Gasteiger partial charge is 0.244 e. The summed E-state index contributed by atoms with van der Waals surface area (Å²) in [6, 6.07) is 4.31. The first-order chi connectivity index (χ1) is 8.67. The molecule has 7 heteroatoms. The van der Waals surface area contributed by atoms with Crippen LogP contribution < -0.4 is 0 Å². The summed E-state index contributed by atoms with van der Waals surface area (Å²) in [5.74, 6) is -0.00576. The Bertz CT molecular complexity index is 595. The maximum Gasteiger partial charge on any atom is 0.244 e. The van der Waals surface area contributed by atoms with E-state index < -0.39 is 15.6 Å². The molecule has 1 saturated heterocycles. The van der Waals surface area contributed by atoms with Crippen molar-refractivity contribution in [2.75, 3.05) is 13.1 Å². The molecule has 1 N–H and O–H groups in total. The molecule has 1 aliphatic heterocycles.